The molecule has 1 amide bonds. The Morgan fingerprint density at radius 1 is 1.21 bits per heavy atom. The Morgan fingerprint density at radius 2 is 1.93 bits per heavy atom. The SMILES string of the molecule is Cc1ccc(S(=O)(=O)N2CCCCC2)cc1C(=O)NC[C@H](c1cccs1)N(C)C. The summed E-state index contributed by atoms with van der Waals surface area (Å²) in [6.07, 6.45) is 2.82. The topological polar surface area (TPSA) is 69.7 Å². The molecule has 1 aliphatic heterocycles. The van der Waals surface area contributed by atoms with Crippen LogP contribution in [0.25, 0.3) is 0 Å². The van der Waals surface area contributed by atoms with Crippen LogP contribution in [0.1, 0.15) is 46.1 Å². The normalized spacial score (nSPS) is 16.7. The van der Waals surface area contributed by atoms with Crippen LogP contribution >= 0.6 is 11.3 Å². The molecule has 29 heavy (non-hydrogen) atoms. The molecule has 1 fully saturated rings. The van der Waals surface area contributed by atoms with Gasteiger partial charge in [-0.2, -0.15) is 4.31 Å². The number of nitrogens with zero attached hydrogens (tertiary/aromatic N) is 2. The van der Waals surface area contributed by atoms with Gasteiger partial charge in [-0.25, -0.2) is 8.42 Å². The van der Waals surface area contributed by atoms with Gasteiger partial charge in [0.1, 0.15) is 0 Å². The van der Waals surface area contributed by atoms with E-state index in [0.29, 0.717) is 25.2 Å². The first-order valence-corrected chi connectivity index (χ1v) is 12.2. The fraction of sp³-hybridized carbons (Fsp3) is 0.476. The molecule has 1 aromatic heterocycles. The molecule has 1 aromatic carbocycles. The molecule has 0 radical (unpaired) electrons. The monoisotopic (exact) mass is 435 g/mol. The summed E-state index contributed by atoms with van der Waals surface area (Å²) >= 11 is 1.65. The molecule has 0 bridgehead atoms. The van der Waals surface area contributed by atoms with Crippen molar-refractivity contribution in [3.63, 3.8) is 0 Å². The highest BCUT2D eigenvalue weighted by Crippen LogP contribution is 2.24. The fourth-order valence-electron chi connectivity index (χ4n) is 3.56. The van der Waals surface area contributed by atoms with E-state index >= 15 is 0 Å². The molecule has 2 aromatic rings. The van der Waals surface area contributed by atoms with E-state index in [1.54, 1.807) is 23.5 Å². The third kappa shape index (κ3) is 5.06. The predicted octanol–water partition coefficient (Wildman–Crippen LogP) is 3.26. The average Bonchev–Trinajstić information content (AvgIpc) is 3.23. The zero-order valence-corrected chi connectivity index (χ0v) is 18.9. The van der Waals surface area contributed by atoms with Crippen molar-refractivity contribution < 1.29 is 13.2 Å². The highest BCUT2D eigenvalue weighted by atomic mass is 32.2. The number of carbonyl (C=O) groups excluding carboxylic acids is 1. The molecular formula is C21H29N3O3S2. The number of aryl methyl sites for hydroxylation is 1. The molecule has 0 unspecified atom stereocenters. The second-order valence-corrected chi connectivity index (χ2v) is 10.6. The molecule has 3 rings (SSSR count). The number of sulfonamides is 1. The van der Waals surface area contributed by atoms with Gasteiger partial charge in [-0.1, -0.05) is 18.6 Å². The van der Waals surface area contributed by atoms with Gasteiger partial charge in [0.2, 0.25) is 10.0 Å². The van der Waals surface area contributed by atoms with E-state index < -0.39 is 10.0 Å². The van der Waals surface area contributed by atoms with E-state index in [9.17, 15) is 13.2 Å². The van der Waals surface area contributed by atoms with Crippen LogP contribution in [0.4, 0.5) is 0 Å². The summed E-state index contributed by atoms with van der Waals surface area (Å²) < 4.78 is 27.5. The molecular weight excluding hydrogens is 406 g/mol. The number of piperidine rings is 1. The molecule has 1 aliphatic rings. The van der Waals surface area contributed by atoms with Gasteiger partial charge in [-0.05, 0) is 63.0 Å². The standard InChI is InChI=1S/C21H29N3O3S2/c1-16-9-10-17(29(26,27)24-11-5-4-6-12-24)14-18(16)21(25)22-15-19(23(2)3)20-8-7-13-28-20/h7-10,13-14,19H,4-6,11-12,15H2,1-3H3,(H,22,25)/t19-/m1/s1. The number of hydrogen-bond donors (Lipinski definition) is 1. The van der Waals surface area contributed by atoms with Gasteiger partial charge in [0.05, 0.1) is 10.9 Å². The third-order valence-electron chi connectivity index (χ3n) is 5.36. The van der Waals surface area contributed by atoms with Crippen LogP contribution in [0.15, 0.2) is 40.6 Å². The lowest BCUT2D eigenvalue weighted by molar-refractivity contribution is 0.0941. The van der Waals surface area contributed by atoms with E-state index in [4.69, 9.17) is 0 Å². The van der Waals surface area contributed by atoms with E-state index in [0.717, 1.165) is 24.8 Å². The lowest BCUT2D eigenvalue weighted by Crippen LogP contribution is -2.36. The van der Waals surface area contributed by atoms with Crippen LogP contribution in [-0.4, -0.2) is 57.3 Å². The second-order valence-electron chi connectivity index (χ2n) is 7.65. The first kappa shape index (κ1) is 22.0. The minimum absolute atomic E-state index is 0.0690. The molecule has 1 saturated heterocycles. The zero-order valence-electron chi connectivity index (χ0n) is 17.2. The van der Waals surface area contributed by atoms with Crippen molar-refractivity contribution in [3.05, 3.63) is 51.7 Å². The van der Waals surface area contributed by atoms with Crippen LogP contribution in [0, 0.1) is 6.92 Å². The van der Waals surface area contributed by atoms with Crippen molar-refractivity contribution in [2.24, 2.45) is 0 Å². The summed E-state index contributed by atoms with van der Waals surface area (Å²) in [5, 5.41) is 5.01. The molecule has 1 N–H and O–H groups in total. The fourth-order valence-corrected chi connectivity index (χ4v) is 6.03. The lowest BCUT2D eigenvalue weighted by Gasteiger charge is -2.26. The minimum Gasteiger partial charge on any atom is -0.350 e. The van der Waals surface area contributed by atoms with Crippen molar-refractivity contribution in [3.8, 4) is 0 Å². The molecule has 0 saturated carbocycles. The van der Waals surface area contributed by atoms with Crippen molar-refractivity contribution in [2.45, 2.75) is 37.1 Å². The van der Waals surface area contributed by atoms with Gasteiger partial charge in [0, 0.05) is 30.1 Å². The molecule has 0 aliphatic carbocycles. The summed E-state index contributed by atoms with van der Waals surface area (Å²) in [4.78, 5) is 16.3. The van der Waals surface area contributed by atoms with Gasteiger partial charge in [0.25, 0.3) is 5.91 Å². The first-order valence-electron chi connectivity index (χ1n) is 9.89. The van der Waals surface area contributed by atoms with Gasteiger partial charge in [-0.3, -0.25) is 4.79 Å². The van der Waals surface area contributed by atoms with Gasteiger partial charge < -0.3 is 10.2 Å². The molecule has 158 valence electrons. The molecule has 1 atom stereocenters. The van der Waals surface area contributed by atoms with Gasteiger partial charge in [0.15, 0.2) is 0 Å². The minimum atomic E-state index is -3.57. The second kappa shape index (κ2) is 9.38. The lowest BCUT2D eigenvalue weighted by atomic mass is 10.1. The number of nitrogens with one attached hydrogen (secondary N) is 1. The maximum atomic E-state index is 13.0. The summed E-state index contributed by atoms with van der Waals surface area (Å²) in [5.41, 5.74) is 1.17. The Morgan fingerprint density at radius 3 is 2.55 bits per heavy atom. The number of benzene rings is 1. The van der Waals surface area contributed by atoms with E-state index in [1.807, 2.05) is 32.5 Å². The zero-order chi connectivity index (χ0) is 21.0. The Hall–Kier alpha value is -1.74. The quantitative estimate of drug-likeness (QED) is 0.725. The Kier molecular flexibility index (Phi) is 7.10. The van der Waals surface area contributed by atoms with Crippen molar-refractivity contribution in [1.29, 1.82) is 0 Å². The Labute approximate surface area is 177 Å². The van der Waals surface area contributed by atoms with Crippen LogP contribution in [-0.2, 0) is 10.0 Å². The van der Waals surface area contributed by atoms with E-state index in [-0.39, 0.29) is 16.8 Å². The smallest absolute Gasteiger partial charge is 0.251 e. The van der Waals surface area contributed by atoms with Crippen molar-refractivity contribution in [2.75, 3.05) is 33.7 Å². The van der Waals surface area contributed by atoms with Gasteiger partial charge in [-0.15, -0.1) is 11.3 Å². The summed E-state index contributed by atoms with van der Waals surface area (Å²) in [7, 11) is 0.391. The Bertz CT molecular complexity index is 934. The number of rotatable bonds is 7. The molecule has 6 nitrogen and oxygen atoms in total. The maximum absolute atomic E-state index is 13.0. The summed E-state index contributed by atoms with van der Waals surface area (Å²) in [6, 6.07) is 8.96. The highest BCUT2D eigenvalue weighted by Gasteiger charge is 2.27. The van der Waals surface area contributed by atoms with Crippen molar-refractivity contribution >= 4 is 27.3 Å². The largest absolute Gasteiger partial charge is 0.350 e. The molecule has 8 heteroatoms. The summed E-state index contributed by atoms with van der Waals surface area (Å²) in [5.74, 6) is -0.249. The predicted molar refractivity (Wildman–Crippen MR) is 117 cm³/mol. The molecule has 0 spiro atoms. The average molecular weight is 436 g/mol. The van der Waals surface area contributed by atoms with E-state index in [2.05, 4.69) is 16.3 Å². The van der Waals surface area contributed by atoms with Gasteiger partial charge >= 0.3 is 0 Å². The first-order chi connectivity index (χ1) is 13.8. The number of carbonyl (C=O) groups is 1. The number of likely N-dealkylation sites (N-methyl/N-ethyl adjacent to an activating group) is 1. The highest BCUT2D eigenvalue weighted by molar-refractivity contribution is 7.89. The van der Waals surface area contributed by atoms with Crippen LogP contribution in [0.5, 0.6) is 0 Å². The van der Waals surface area contributed by atoms with Crippen molar-refractivity contribution in [1.82, 2.24) is 14.5 Å². The van der Waals surface area contributed by atoms with E-state index in [1.165, 1.54) is 15.2 Å². The summed E-state index contributed by atoms with van der Waals surface area (Å²) in [6.45, 7) is 3.37. The number of hydrogen-bond acceptors (Lipinski definition) is 5. The maximum Gasteiger partial charge on any atom is 0.251 e. The number of amides is 1. The van der Waals surface area contributed by atoms with Crippen LogP contribution in [0.3, 0.4) is 0 Å². The third-order valence-corrected chi connectivity index (χ3v) is 8.23. The molecule has 2 heterocycles. The van der Waals surface area contributed by atoms with Crippen LogP contribution in [0.2, 0.25) is 0 Å². The Balaban J connectivity index is 1.77. The van der Waals surface area contributed by atoms with Crippen LogP contribution < -0.4 is 5.32 Å². The number of thiophene rings is 1.